The fourth-order valence-electron chi connectivity index (χ4n) is 2.35. The molecule has 2 N–H and O–H groups in total. The Balaban J connectivity index is 1.96. The first-order valence-electron chi connectivity index (χ1n) is 6.75. The molecule has 5 heteroatoms. The first-order valence-corrected chi connectivity index (χ1v) is 6.75. The number of aromatic amines is 1. The maximum atomic E-state index is 9.99. The third-order valence-electron chi connectivity index (χ3n) is 3.65. The second-order valence-electron chi connectivity index (χ2n) is 5.10. The number of hydrogen-bond donors (Lipinski definition) is 2. The van der Waals surface area contributed by atoms with Gasteiger partial charge in [0, 0.05) is 29.8 Å². The second kappa shape index (κ2) is 5.09. The number of rotatable bonds is 3. The number of H-pyrrole nitrogens is 1. The van der Waals surface area contributed by atoms with Crippen LogP contribution in [0.25, 0.3) is 11.0 Å². The van der Waals surface area contributed by atoms with E-state index in [2.05, 4.69) is 15.0 Å². The molecular formula is C16H17N3O2. The van der Waals surface area contributed by atoms with E-state index in [1.165, 1.54) is 0 Å². The van der Waals surface area contributed by atoms with Crippen LogP contribution in [0, 0.1) is 13.8 Å². The minimum Gasteiger partial charge on any atom is -0.507 e. The van der Waals surface area contributed by atoms with Gasteiger partial charge in [-0.1, -0.05) is 0 Å². The van der Waals surface area contributed by atoms with Crippen LogP contribution in [0.5, 0.6) is 11.5 Å². The molecule has 0 aliphatic heterocycles. The van der Waals surface area contributed by atoms with E-state index >= 15 is 0 Å². The van der Waals surface area contributed by atoms with E-state index in [0.717, 1.165) is 39.4 Å². The predicted molar refractivity (Wildman–Crippen MR) is 80.8 cm³/mol. The SMILES string of the molecule is COc1ccc2[nH]c(Cc3ncc(C)c(O)c3C)nc2c1. The highest BCUT2D eigenvalue weighted by Crippen LogP contribution is 2.25. The Kier molecular flexibility index (Phi) is 3.25. The molecule has 0 amide bonds. The smallest absolute Gasteiger partial charge is 0.124 e. The lowest BCUT2D eigenvalue weighted by molar-refractivity contribution is 0.415. The Morgan fingerprint density at radius 3 is 2.86 bits per heavy atom. The van der Waals surface area contributed by atoms with Crippen LogP contribution < -0.4 is 4.74 Å². The summed E-state index contributed by atoms with van der Waals surface area (Å²) in [7, 11) is 1.64. The largest absolute Gasteiger partial charge is 0.507 e. The van der Waals surface area contributed by atoms with Crippen molar-refractivity contribution in [3.05, 3.63) is 47.0 Å². The number of methoxy groups -OCH3 is 1. The molecule has 3 aromatic rings. The van der Waals surface area contributed by atoms with Crippen molar-refractivity contribution in [1.29, 1.82) is 0 Å². The van der Waals surface area contributed by atoms with E-state index in [1.54, 1.807) is 13.3 Å². The molecular weight excluding hydrogens is 266 g/mol. The van der Waals surface area contributed by atoms with Crippen LogP contribution in [0.15, 0.2) is 24.4 Å². The number of benzene rings is 1. The zero-order valence-corrected chi connectivity index (χ0v) is 12.3. The summed E-state index contributed by atoms with van der Waals surface area (Å²) in [6.45, 7) is 3.71. The Hall–Kier alpha value is -2.56. The highest BCUT2D eigenvalue weighted by Gasteiger charge is 2.11. The van der Waals surface area contributed by atoms with Crippen LogP contribution in [0.1, 0.15) is 22.6 Å². The highest BCUT2D eigenvalue weighted by molar-refractivity contribution is 5.76. The van der Waals surface area contributed by atoms with Gasteiger partial charge in [0.1, 0.15) is 17.3 Å². The van der Waals surface area contributed by atoms with Gasteiger partial charge in [0.25, 0.3) is 0 Å². The van der Waals surface area contributed by atoms with Gasteiger partial charge >= 0.3 is 0 Å². The number of imidazole rings is 1. The van der Waals surface area contributed by atoms with Crippen molar-refractivity contribution in [3.63, 3.8) is 0 Å². The molecule has 0 atom stereocenters. The summed E-state index contributed by atoms with van der Waals surface area (Å²) in [5.41, 5.74) is 4.22. The second-order valence-corrected chi connectivity index (χ2v) is 5.10. The number of aromatic hydroxyl groups is 1. The minimum absolute atomic E-state index is 0.304. The first kappa shape index (κ1) is 13.4. The number of hydrogen-bond acceptors (Lipinski definition) is 4. The molecule has 0 bridgehead atoms. The number of nitrogens with zero attached hydrogens (tertiary/aromatic N) is 2. The molecule has 0 fully saturated rings. The summed E-state index contributed by atoms with van der Waals surface area (Å²) in [5, 5.41) is 9.99. The molecule has 0 aliphatic carbocycles. The third-order valence-corrected chi connectivity index (χ3v) is 3.65. The van der Waals surface area contributed by atoms with Crippen LogP contribution >= 0.6 is 0 Å². The van der Waals surface area contributed by atoms with Gasteiger partial charge in [-0.15, -0.1) is 0 Å². The normalized spacial score (nSPS) is 11.0. The maximum Gasteiger partial charge on any atom is 0.124 e. The number of fused-ring (bicyclic) bond motifs is 1. The average Bonchev–Trinajstić information content (AvgIpc) is 2.89. The average molecular weight is 283 g/mol. The molecule has 2 heterocycles. The van der Waals surface area contributed by atoms with Gasteiger partial charge in [-0.25, -0.2) is 4.98 Å². The van der Waals surface area contributed by atoms with Crippen LogP contribution in [0.2, 0.25) is 0 Å². The fourth-order valence-corrected chi connectivity index (χ4v) is 2.35. The topological polar surface area (TPSA) is 71.0 Å². The van der Waals surface area contributed by atoms with E-state index in [-0.39, 0.29) is 0 Å². The molecule has 5 nitrogen and oxygen atoms in total. The molecule has 0 aliphatic rings. The summed E-state index contributed by atoms with van der Waals surface area (Å²) in [6, 6.07) is 5.73. The van der Waals surface area contributed by atoms with E-state index in [0.29, 0.717) is 12.2 Å². The van der Waals surface area contributed by atoms with Crippen molar-refractivity contribution in [3.8, 4) is 11.5 Å². The van der Waals surface area contributed by atoms with E-state index in [1.807, 2.05) is 32.0 Å². The van der Waals surface area contributed by atoms with Crippen LogP contribution in [-0.4, -0.2) is 27.2 Å². The lowest BCUT2D eigenvalue weighted by Crippen LogP contribution is -1.99. The van der Waals surface area contributed by atoms with Crippen molar-refractivity contribution in [2.24, 2.45) is 0 Å². The fraction of sp³-hybridized carbons (Fsp3) is 0.250. The van der Waals surface area contributed by atoms with Gasteiger partial charge in [-0.05, 0) is 26.0 Å². The van der Waals surface area contributed by atoms with Crippen molar-refractivity contribution in [1.82, 2.24) is 15.0 Å². The van der Waals surface area contributed by atoms with Gasteiger partial charge in [0.15, 0.2) is 0 Å². The summed E-state index contributed by atoms with van der Waals surface area (Å²) in [6.07, 6.45) is 2.24. The Morgan fingerprint density at radius 1 is 1.29 bits per heavy atom. The number of ether oxygens (including phenoxy) is 1. The number of aromatic nitrogens is 3. The zero-order chi connectivity index (χ0) is 15.0. The van der Waals surface area contributed by atoms with E-state index in [4.69, 9.17) is 4.74 Å². The molecule has 0 unspecified atom stereocenters. The molecule has 1 aromatic carbocycles. The summed E-state index contributed by atoms with van der Waals surface area (Å²) < 4.78 is 5.20. The van der Waals surface area contributed by atoms with Crippen molar-refractivity contribution >= 4 is 11.0 Å². The maximum absolute atomic E-state index is 9.99. The zero-order valence-electron chi connectivity index (χ0n) is 12.3. The number of aryl methyl sites for hydroxylation is 1. The first-order chi connectivity index (χ1) is 10.1. The molecule has 3 rings (SSSR count). The van der Waals surface area contributed by atoms with Crippen molar-refractivity contribution < 1.29 is 9.84 Å². The lowest BCUT2D eigenvalue weighted by atomic mass is 10.1. The molecule has 0 saturated carbocycles. The van der Waals surface area contributed by atoms with Crippen molar-refractivity contribution in [2.75, 3.05) is 7.11 Å². The standard InChI is InChI=1S/C16H17N3O2/c1-9-8-17-13(10(2)16(9)20)7-15-18-12-5-4-11(21-3)6-14(12)19-15/h4-6,8H,7H2,1-3H3,(H,17,20)(H,18,19). The molecule has 0 spiro atoms. The number of pyridine rings is 1. The van der Waals surface area contributed by atoms with Gasteiger partial charge in [-0.3, -0.25) is 4.98 Å². The van der Waals surface area contributed by atoms with Gasteiger partial charge in [0.05, 0.1) is 23.8 Å². The van der Waals surface area contributed by atoms with Crippen LogP contribution in [-0.2, 0) is 6.42 Å². The third kappa shape index (κ3) is 2.42. The van der Waals surface area contributed by atoms with E-state index in [9.17, 15) is 5.11 Å². The van der Waals surface area contributed by atoms with Gasteiger partial charge in [0.2, 0.25) is 0 Å². The number of nitrogens with one attached hydrogen (secondary N) is 1. The Bertz CT molecular complexity index is 809. The molecule has 0 radical (unpaired) electrons. The van der Waals surface area contributed by atoms with Gasteiger partial charge in [-0.2, -0.15) is 0 Å². The van der Waals surface area contributed by atoms with E-state index < -0.39 is 0 Å². The molecule has 21 heavy (non-hydrogen) atoms. The van der Waals surface area contributed by atoms with Crippen molar-refractivity contribution in [2.45, 2.75) is 20.3 Å². The molecule has 2 aromatic heterocycles. The lowest BCUT2D eigenvalue weighted by Gasteiger charge is -2.07. The quantitative estimate of drug-likeness (QED) is 0.775. The monoisotopic (exact) mass is 283 g/mol. The summed E-state index contributed by atoms with van der Waals surface area (Å²) >= 11 is 0. The molecule has 0 saturated heterocycles. The van der Waals surface area contributed by atoms with Crippen LogP contribution in [0.4, 0.5) is 0 Å². The summed E-state index contributed by atoms with van der Waals surface area (Å²) in [4.78, 5) is 12.2. The highest BCUT2D eigenvalue weighted by atomic mass is 16.5. The summed E-state index contributed by atoms with van der Waals surface area (Å²) in [5.74, 6) is 1.90. The van der Waals surface area contributed by atoms with Crippen LogP contribution in [0.3, 0.4) is 0 Å². The van der Waals surface area contributed by atoms with Gasteiger partial charge < -0.3 is 14.8 Å². The minimum atomic E-state index is 0.304. The predicted octanol–water partition coefficient (Wildman–Crippen LogP) is 2.88. The molecule has 108 valence electrons. The Morgan fingerprint density at radius 2 is 2.10 bits per heavy atom. The Labute approximate surface area is 122 Å².